The molecule has 0 aliphatic heterocycles. The predicted octanol–water partition coefficient (Wildman–Crippen LogP) is 1.99. The molecule has 0 spiro atoms. The lowest BCUT2D eigenvalue weighted by Gasteiger charge is -2.05. The monoisotopic (exact) mass is 215 g/mol. The molecule has 1 heterocycles. The van der Waals surface area contributed by atoms with Crippen LogP contribution in [0, 0.1) is 0 Å². The SMILES string of the molecule is CNCc1cncc(Oc2ccccc2)n1. The minimum Gasteiger partial charge on any atom is -0.437 e. The molecule has 0 atom stereocenters. The maximum Gasteiger partial charge on any atom is 0.238 e. The van der Waals surface area contributed by atoms with Crippen molar-refractivity contribution < 1.29 is 4.74 Å². The number of nitrogens with one attached hydrogen (secondary N) is 1. The van der Waals surface area contributed by atoms with E-state index in [0.29, 0.717) is 12.4 Å². The third-order valence-electron chi connectivity index (χ3n) is 1.99. The normalized spacial score (nSPS) is 10.1. The summed E-state index contributed by atoms with van der Waals surface area (Å²) in [6.07, 6.45) is 3.32. The Morgan fingerprint density at radius 1 is 1.19 bits per heavy atom. The number of rotatable bonds is 4. The molecule has 16 heavy (non-hydrogen) atoms. The zero-order valence-corrected chi connectivity index (χ0v) is 9.05. The Balaban J connectivity index is 2.12. The maximum absolute atomic E-state index is 5.56. The van der Waals surface area contributed by atoms with Crippen LogP contribution in [0.3, 0.4) is 0 Å². The van der Waals surface area contributed by atoms with Crippen molar-refractivity contribution in [1.82, 2.24) is 15.3 Å². The fourth-order valence-corrected chi connectivity index (χ4v) is 1.31. The average molecular weight is 215 g/mol. The first-order valence-electron chi connectivity index (χ1n) is 5.07. The number of aromatic nitrogens is 2. The summed E-state index contributed by atoms with van der Waals surface area (Å²) < 4.78 is 5.56. The van der Waals surface area contributed by atoms with Gasteiger partial charge in [-0.3, -0.25) is 4.98 Å². The third kappa shape index (κ3) is 2.77. The molecule has 1 N–H and O–H groups in total. The number of benzene rings is 1. The summed E-state index contributed by atoms with van der Waals surface area (Å²) in [4.78, 5) is 8.38. The quantitative estimate of drug-likeness (QED) is 0.847. The summed E-state index contributed by atoms with van der Waals surface area (Å²) in [6, 6.07) is 9.54. The molecular weight excluding hydrogens is 202 g/mol. The van der Waals surface area contributed by atoms with Gasteiger partial charge in [-0.2, -0.15) is 0 Å². The van der Waals surface area contributed by atoms with Crippen molar-refractivity contribution in [3.05, 3.63) is 48.4 Å². The molecule has 0 radical (unpaired) electrons. The molecule has 1 aromatic heterocycles. The van der Waals surface area contributed by atoms with Gasteiger partial charge in [-0.05, 0) is 19.2 Å². The second-order valence-electron chi connectivity index (χ2n) is 3.29. The molecule has 0 aliphatic carbocycles. The van der Waals surface area contributed by atoms with E-state index < -0.39 is 0 Å². The van der Waals surface area contributed by atoms with Gasteiger partial charge in [-0.25, -0.2) is 4.98 Å². The van der Waals surface area contributed by atoms with Crippen LogP contribution in [-0.2, 0) is 6.54 Å². The van der Waals surface area contributed by atoms with Crippen molar-refractivity contribution in [3.63, 3.8) is 0 Å². The molecule has 82 valence electrons. The van der Waals surface area contributed by atoms with Crippen LogP contribution < -0.4 is 10.1 Å². The average Bonchev–Trinajstić information content (AvgIpc) is 2.31. The van der Waals surface area contributed by atoms with Gasteiger partial charge < -0.3 is 10.1 Å². The van der Waals surface area contributed by atoms with E-state index in [2.05, 4.69) is 15.3 Å². The standard InChI is InChI=1S/C12H13N3O/c1-13-7-10-8-14-9-12(15-10)16-11-5-3-2-4-6-11/h2-6,8-9,13H,7H2,1H3. The Morgan fingerprint density at radius 2 is 2.00 bits per heavy atom. The number of ether oxygens (including phenoxy) is 1. The minimum absolute atomic E-state index is 0.513. The van der Waals surface area contributed by atoms with Gasteiger partial charge in [0.05, 0.1) is 11.9 Å². The second-order valence-corrected chi connectivity index (χ2v) is 3.29. The molecule has 0 saturated heterocycles. The molecule has 2 rings (SSSR count). The molecule has 0 bridgehead atoms. The second kappa shape index (κ2) is 5.23. The summed E-state index contributed by atoms with van der Waals surface area (Å²) in [5.41, 5.74) is 0.857. The van der Waals surface area contributed by atoms with E-state index in [-0.39, 0.29) is 0 Å². The molecule has 0 unspecified atom stereocenters. The summed E-state index contributed by atoms with van der Waals surface area (Å²) in [7, 11) is 1.87. The smallest absolute Gasteiger partial charge is 0.238 e. The van der Waals surface area contributed by atoms with E-state index in [4.69, 9.17) is 4.74 Å². The van der Waals surface area contributed by atoms with Crippen molar-refractivity contribution in [3.8, 4) is 11.6 Å². The van der Waals surface area contributed by atoms with Gasteiger partial charge in [0.15, 0.2) is 0 Å². The predicted molar refractivity (Wildman–Crippen MR) is 61.3 cm³/mol. The molecule has 0 fully saturated rings. The lowest BCUT2D eigenvalue weighted by molar-refractivity contribution is 0.457. The van der Waals surface area contributed by atoms with Gasteiger partial charge in [-0.1, -0.05) is 18.2 Å². The van der Waals surface area contributed by atoms with Gasteiger partial charge in [0.25, 0.3) is 0 Å². The molecule has 4 nitrogen and oxygen atoms in total. The zero-order valence-electron chi connectivity index (χ0n) is 9.05. The Labute approximate surface area is 94.3 Å². The Bertz CT molecular complexity index is 445. The Kier molecular flexibility index (Phi) is 3.46. The first-order chi connectivity index (χ1) is 7.88. The lowest BCUT2D eigenvalue weighted by atomic mass is 10.3. The summed E-state index contributed by atoms with van der Waals surface area (Å²) >= 11 is 0. The van der Waals surface area contributed by atoms with Gasteiger partial charge >= 0.3 is 0 Å². The van der Waals surface area contributed by atoms with Gasteiger partial charge in [-0.15, -0.1) is 0 Å². The van der Waals surface area contributed by atoms with Gasteiger partial charge in [0.2, 0.25) is 5.88 Å². The van der Waals surface area contributed by atoms with Crippen molar-refractivity contribution in [2.75, 3.05) is 7.05 Å². The summed E-state index contributed by atoms with van der Waals surface area (Å²) in [5, 5.41) is 3.02. The molecule has 0 aliphatic rings. The molecule has 0 saturated carbocycles. The maximum atomic E-state index is 5.56. The van der Waals surface area contributed by atoms with E-state index in [1.807, 2.05) is 37.4 Å². The summed E-state index contributed by atoms with van der Waals surface area (Å²) in [5.74, 6) is 1.28. The number of hydrogen-bond donors (Lipinski definition) is 1. The Hall–Kier alpha value is -1.94. The van der Waals surface area contributed by atoms with Crippen LogP contribution in [0.15, 0.2) is 42.7 Å². The molecule has 4 heteroatoms. The third-order valence-corrected chi connectivity index (χ3v) is 1.99. The zero-order chi connectivity index (χ0) is 11.2. The molecule has 1 aromatic carbocycles. The fraction of sp³-hybridized carbons (Fsp3) is 0.167. The topological polar surface area (TPSA) is 47.0 Å². The van der Waals surface area contributed by atoms with Crippen LogP contribution in [0.2, 0.25) is 0 Å². The van der Waals surface area contributed by atoms with Crippen LogP contribution in [0.5, 0.6) is 11.6 Å². The van der Waals surface area contributed by atoms with E-state index in [9.17, 15) is 0 Å². The van der Waals surface area contributed by atoms with Crippen molar-refractivity contribution in [2.45, 2.75) is 6.54 Å². The van der Waals surface area contributed by atoms with E-state index >= 15 is 0 Å². The largest absolute Gasteiger partial charge is 0.437 e. The summed E-state index contributed by atoms with van der Waals surface area (Å²) in [6.45, 7) is 0.680. The fourth-order valence-electron chi connectivity index (χ4n) is 1.31. The van der Waals surface area contributed by atoms with Crippen molar-refractivity contribution >= 4 is 0 Å². The highest BCUT2D eigenvalue weighted by Crippen LogP contribution is 2.17. The highest BCUT2D eigenvalue weighted by atomic mass is 16.5. The van der Waals surface area contributed by atoms with Crippen molar-refractivity contribution in [2.24, 2.45) is 0 Å². The molecule has 2 aromatic rings. The number of para-hydroxylation sites is 1. The van der Waals surface area contributed by atoms with Crippen LogP contribution in [0.4, 0.5) is 0 Å². The van der Waals surface area contributed by atoms with E-state index in [1.54, 1.807) is 12.4 Å². The van der Waals surface area contributed by atoms with Crippen LogP contribution in [0.25, 0.3) is 0 Å². The highest BCUT2D eigenvalue weighted by Gasteiger charge is 2.00. The van der Waals surface area contributed by atoms with Crippen LogP contribution in [-0.4, -0.2) is 17.0 Å². The lowest BCUT2D eigenvalue weighted by Crippen LogP contribution is -2.07. The van der Waals surface area contributed by atoms with Crippen LogP contribution in [0.1, 0.15) is 5.69 Å². The number of hydrogen-bond acceptors (Lipinski definition) is 4. The van der Waals surface area contributed by atoms with Gasteiger partial charge in [0.1, 0.15) is 5.75 Å². The first kappa shape index (κ1) is 10.6. The highest BCUT2D eigenvalue weighted by molar-refractivity contribution is 5.25. The Morgan fingerprint density at radius 3 is 2.75 bits per heavy atom. The number of nitrogens with zero attached hydrogens (tertiary/aromatic N) is 2. The van der Waals surface area contributed by atoms with Crippen LogP contribution >= 0.6 is 0 Å². The van der Waals surface area contributed by atoms with E-state index in [0.717, 1.165) is 11.4 Å². The first-order valence-corrected chi connectivity index (χ1v) is 5.07. The van der Waals surface area contributed by atoms with Crippen molar-refractivity contribution in [1.29, 1.82) is 0 Å². The van der Waals surface area contributed by atoms with Gasteiger partial charge in [0, 0.05) is 12.7 Å². The van der Waals surface area contributed by atoms with E-state index in [1.165, 1.54) is 0 Å². The molecular formula is C12H13N3O. The molecule has 0 amide bonds. The minimum atomic E-state index is 0.513.